The Balaban J connectivity index is 1.45. The van der Waals surface area contributed by atoms with Crippen LogP contribution in [0.15, 0.2) is 78.9 Å². The van der Waals surface area contributed by atoms with E-state index in [0.717, 1.165) is 22.3 Å². The van der Waals surface area contributed by atoms with Crippen LogP contribution in [0.5, 0.6) is 0 Å². The quantitative estimate of drug-likeness (QED) is 0.234. The van der Waals surface area contributed by atoms with Crippen LogP contribution in [0.1, 0.15) is 48.0 Å². The summed E-state index contributed by atoms with van der Waals surface area (Å²) in [6.45, 7) is 1.55. The van der Waals surface area contributed by atoms with Crippen molar-refractivity contribution in [2.24, 2.45) is 0 Å². The number of aliphatic hydroxyl groups excluding tert-OH is 2. The molecule has 1 unspecified atom stereocenters. The number of thioether (sulfide) groups is 1. The molecule has 1 fully saturated rings. The van der Waals surface area contributed by atoms with E-state index < -0.39 is 18.4 Å². The first-order valence-corrected chi connectivity index (χ1v) is 14.5. The van der Waals surface area contributed by atoms with Crippen LogP contribution >= 0.6 is 11.8 Å². The molecular formula is C31H36N2O6S. The zero-order valence-corrected chi connectivity index (χ0v) is 23.3. The maximum atomic E-state index is 12.8. The number of Topliss-reactive ketones (excluding diaryl/α,β-unsaturated/α-hetero) is 1. The number of benzene rings is 3. The zero-order chi connectivity index (χ0) is 28.3. The summed E-state index contributed by atoms with van der Waals surface area (Å²) in [4.78, 5) is 25.0. The van der Waals surface area contributed by atoms with Gasteiger partial charge in [-0.1, -0.05) is 66.7 Å². The van der Waals surface area contributed by atoms with Crippen LogP contribution in [0.4, 0.5) is 10.5 Å². The van der Waals surface area contributed by atoms with Gasteiger partial charge in [0.1, 0.15) is 0 Å². The average Bonchev–Trinajstić information content (AvgIpc) is 2.97. The molecule has 1 aliphatic heterocycles. The van der Waals surface area contributed by atoms with Gasteiger partial charge in [-0.25, -0.2) is 4.79 Å². The summed E-state index contributed by atoms with van der Waals surface area (Å²) in [5, 5.41) is 24.2. The fraction of sp³-hybridized carbons (Fsp3) is 0.355. The number of rotatable bonds is 12. The number of ketones is 1. The molecule has 0 radical (unpaired) electrons. The van der Waals surface area contributed by atoms with Crippen molar-refractivity contribution in [3.8, 4) is 0 Å². The molecule has 3 aromatic rings. The Morgan fingerprint density at radius 2 is 1.73 bits per heavy atom. The van der Waals surface area contributed by atoms with Gasteiger partial charge >= 0.3 is 6.03 Å². The van der Waals surface area contributed by atoms with Crippen LogP contribution in [-0.4, -0.2) is 52.3 Å². The Morgan fingerprint density at radius 1 is 0.950 bits per heavy atom. The van der Waals surface area contributed by atoms with Gasteiger partial charge in [0.25, 0.3) is 0 Å². The van der Waals surface area contributed by atoms with E-state index in [1.54, 1.807) is 23.9 Å². The third-order valence-corrected chi connectivity index (χ3v) is 7.73. The van der Waals surface area contributed by atoms with Crippen LogP contribution in [0, 0.1) is 0 Å². The van der Waals surface area contributed by atoms with Gasteiger partial charge in [-0.2, -0.15) is 11.8 Å². The highest BCUT2D eigenvalue weighted by Crippen LogP contribution is 2.39. The van der Waals surface area contributed by atoms with Gasteiger partial charge in [-0.3, -0.25) is 4.79 Å². The van der Waals surface area contributed by atoms with Crippen molar-refractivity contribution < 1.29 is 29.3 Å². The lowest BCUT2D eigenvalue weighted by Crippen LogP contribution is -2.43. The molecule has 1 aliphatic rings. The maximum Gasteiger partial charge on any atom is 0.319 e. The van der Waals surface area contributed by atoms with Crippen molar-refractivity contribution in [2.75, 3.05) is 23.4 Å². The van der Waals surface area contributed by atoms with E-state index in [1.165, 1.54) is 6.92 Å². The predicted molar refractivity (Wildman–Crippen MR) is 156 cm³/mol. The number of ether oxygens (including phenoxy) is 2. The van der Waals surface area contributed by atoms with Gasteiger partial charge in [-0.05, 0) is 42.2 Å². The van der Waals surface area contributed by atoms with Crippen LogP contribution in [0.2, 0.25) is 0 Å². The Morgan fingerprint density at radius 3 is 2.42 bits per heavy atom. The third-order valence-electron chi connectivity index (χ3n) is 6.65. The maximum absolute atomic E-state index is 12.8. The lowest BCUT2D eigenvalue weighted by atomic mass is 10.0. The molecule has 3 aromatic carbocycles. The van der Waals surface area contributed by atoms with Gasteiger partial charge in [0, 0.05) is 29.2 Å². The summed E-state index contributed by atoms with van der Waals surface area (Å²) in [7, 11) is 0. The lowest BCUT2D eigenvalue weighted by molar-refractivity contribution is -0.245. The fourth-order valence-electron chi connectivity index (χ4n) is 4.54. The highest BCUT2D eigenvalue weighted by molar-refractivity contribution is 7.99. The summed E-state index contributed by atoms with van der Waals surface area (Å²) in [6.07, 6.45) is 0.0714. The second-order valence-corrected chi connectivity index (χ2v) is 10.9. The minimum atomic E-state index is -0.663. The lowest BCUT2D eigenvalue weighted by Gasteiger charge is -2.36. The largest absolute Gasteiger partial charge is 0.396 e. The molecule has 0 aromatic heterocycles. The molecule has 1 heterocycles. The van der Waals surface area contributed by atoms with E-state index >= 15 is 0 Å². The molecule has 0 aliphatic carbocycles. The van der Waals surface area contributed by atoms with Gasteiger partial charge in [0.05, 0.1) is 31.5 Å². The molecule has 0 bridgehead atoms. The number of urea groups is 1. The number of aliphatic hydroxyl groups is 2. The topological polar surface area (TPSA) is 117 Å². The number of carbonyl (C=O) groups is 2. The van der Waals surface area contributed by atoms with Crippen molar-refractivity contribution in [1.82, 2.24) is 5.32 Å². The molecule has 0 spiro atoms. The third kappa shape index (κ3) is 8.64. The molecule has 2 amide bonds. The molecule has 0 saturated carbocycles. The monoisotopic (exact) mass is 564 g/mol. The summed E-state index contributed by atoms with van der Waals surface area (Å²) in [6, 6.07) is 23.4. The zero-order valence-electron chi connectivity index (χ0n) is 22.5. The van der Waals surface area contributed by atoms with Crippen molar-refractivity contribution in [1.29, 1.82) is 0 Å². The molecule has 9 heteroatoms. The number of hydrogen-bond acceptors (Lipinski definition) is 7. The number of carbonyl (C=O) groups excluding carboxylic acids is 2. The molecule has 212 valence electrons. The Labute approximate surface area is 239 Å². The Bertz CT molecular complexity index is 1240. The Hall–Kier alpha value is -3.21. The minimum Gasteiger partial charge on any atom is -0.396 e. The summed E-state index contributed by atoms with van der Waals surface area (Å²) in [5.74, 6) is 1.21. The summed E-state index contributed by atoms with van der Waals surface area (Å²) in [5.41, 5.74) is 4.08. The van der Waals surface area contributed by atoms with Crippen LogP contribution in [-0.2, 0) is 27.3 Å². The first-order chi connectivity index (χ1) is 19.4. The second-order valence-electron chi connectivity index (χ2n) is 9.73. The van der Waals surface area contributed by atoms with Gasteiger partial charge < -0.3 is 30.3 Å². The Kier molecular flexibility index (Phi) is 11.1. The van der Waals surface area contributed by atoms with Crippen LogP contribution in [0.3, 0.4) is 0 Å². The number of anilines is 1. The summed E-state index contributed by atoms with van der Waals surface area (Å²) < 4.78 is 12.7. The van der Waals surface area contributed by atoms with Crippen LogP contribution < -0.4 is 10.6 Å². The second kappa shape index (κ2) is 15.0. The predicted octanol–water partition coefficient (Wildman–Crippen LogP) is 4.77. The first-order valence-electron chi connectivity index (χ1n) is 13.4. The molecule has 8 nitrogen and oxygen atoms in total. The number of nitrogens with one attached hydrogen (secondary N) is 2. The van der Waals surface area contributed by atoms with E-state index in [-0.39, 0.29) is 31.2 Å². The highest BCUT2D eigenvalue weighted by atomic mass is 32.2. The molecule has 1 saturated heterocycles. The van der Waals surface area contributed by atoms with E-state index in [2.05, 4.69) is 10.6 Å². The molecule has 4 rings (SSSR count). The average molecular weight is 565 g/mol. The minimum absolute atomic E-state index is 0.0231. The molecule has 40 heavy (non-hydrogen) atoms. The fourth-order valence-corrected chi connectivity index (χ4v) is 5.31. The van der Waals surface area contributed by atoms with Gasteiger partial charge in [0.2, 0.25) is 0 Å². The smallest absolute Gasteiger partial charge is 0.319 e. The van der Waals surface area contributed by atoms with Crippen molar-refractivity contribution in [2.45, 2.75) is 50.9 Å². The normalized spacial score (nSPS) is 19.5. The van der Waals surface area contributed by atoms with Crippen molar-refractivity contribution >= 4 is 29.3 Å². The number of amides is 2. The molecular weight excluding hydrogens is 528 g/mol. The SMILES string of the molecule is CC(=O)[C@@H](Cc1ccccc1)NC(=O)Nc1cccc(C2O[C@H](CSCCO)C[C@H](c3ccc(CO)cc3)O2)c1. The van der Waals surface area contributed by atoms with E-state index in [0.29, 0.717) is 30.0 Å². The van der Waals surface area contributed by atoms with E-state index in [1.807, 2.05) is 66.7 Å². The van der Waals surface area contributed by atoms with Gasteiger partial charge in [0.15, 0.2) is 12.1 Å². The molecule has 4 atom stereocenters. The highest BCUT2D eigenvalue weighted by Gasteiger charge is 2.32. The van der Waals surface area contributed by atoms with Crippen molar-refractivity contribution in [3.05, 3.63) is 101 Å². The van der Waals surface area contributed by atoms with E-state index in [4.69, 9.17) is 9.47 Å². The van der Waals surface area contributed by atoms with Gasteiger partial charge in [-0.15, -0.1) is 0 Å². The summed E-state index contributed by atoms with van der Waals surface area (Å²) >= 11 is 1.62. The first kappa shape index (κ1) is 29.8. The standard InChI is InChI=1S/C31H36N2O6S/c1-21(36)28(16-22-6-3-2-4-7-22)33-31(37)32-26-9-5-8-25(17-26)30-38-27(20-40-15-14-34)18-29(39-30)24-12-10-23(19-35)11-13-24/h2-13,17,27-30,34-35H,14-16,18-20H2,1H3,(H2,32,33,37)/t27-,28+,29+,30?/m0/s1. The van der Waals surface area contributed by atoms with E-state index in [9.17, 15) is 19.8 Å². The van der Waals surface area contributed by atoms with Crippen LogP contribution in [0.25, 0.3) is 0 Å². The van der Waals surface area contributed by atoms with Crippen molar-refractivity contribution in [3.63, 3.8) is 0 Å². The molecule has 4 N–H and O–H groups in total. The number of hydrogen-bond donors (Lipinski definition) is 4.